The number of benzene rings is 1. The van der Waals surface area contributed by atoms with E-state index in [9.17, 15) is 0 Å². The molecule has 2 saturated heterocycles. The van der Waals surface area contributed by atoms with E-state index in [1.807, 2.05) is 7.11 Å². The number of methoxy groups -OCH3 is 1. The molecule has 0 bridgehead atoms. The molecule has 7 nitrogen and oxygen atoms in total. The molecule has 2 fully saturated rings. The number of alkyl halides is 1. The lowest BCUT2D eigenvalue weighted by atomic mass is 9.74. The van der Waals surface area contributed by atoms with E-state index in [0.29, 0.717) is 25.6 Å². The van der Waals surface area contributed by atoms with Gasteiger partial charge in [0.15, 0.2) is 30.7 Å². The van der Waals surface area contributed by atoms with E-state index in [4.69, 9.17) is 32.2 Å². The van der Waals surface area contributed by atoms with Crippen molar-refractivity contribution in [3.05, 3.63) is 35.9 Å². The van der Waals surface area contributed by atoms with Gasteiger partial charge in [0.2, 0.25) is 0 Å². The normalized spacial score (nSPS) is 28.6. The Morgan fingerprint density at radius 1 is 0.683 bits per heavy atom. The average Bonchev–Trinajstić information content (AvgIpc) is 3.28. The lowest BCUT2D eigenvalue weighted by Gasteiger charge is -2.59. The van der Waals surface area contributed by atoms with E-state index in [1.165, 1.54) is 5.56 Å². The summed E-state index contributed by atoms with van der Waals surface area (Å²) in [7, 11) is -4.10. The van der Waals surface area contributed by atoms with Crippen molar-refractivity contribution in [2.24, 2.45) is 35.5 Å². The Balaban J connectivity index is 2.16. The number of ether oxygens (including phenoxy) is 4. The molecule has 0 amide bonds. The van der Waals surface area contributed by atoms with Crippen molar-refractivity contribution >= 4 is 47.5 Å². The first-order valence-corrected chi connectivity index (χ1v) is 33.8. The van der Waals surface area contributed by atoms with Gasteiger partial charge in [0.05, 0.1) is 49.8 Å². The summed E-state index contributed by atoms with van der Waals surface area (Å²) in [6.45, 7) is 36.6. The van der Waals surface area contributed by atoms with Gasteiger partial charge >= 0.3 is 0 Å². The van der Waals surface area contributed by atoms with Crippen molar-refractivity contribution in [1.82, 2.24) is 0 Å². The monoisotopic (exact) mass is 1000 g/mol. The second-order valence-corrected chi connectivity index (χ2v) is 34.4. The molecular weight excluding hydrogens is 912 g/mol. The standard InChI is InChI=1S/C49H93IO7Si3/c1-17-58(18-2,19-3)55-44-31-36(10)45(40(14)47(57-60(23-7,24-8)25-9)38(12)34-52-35-42-29-27-26-28-30-42)53-49(44)32-43(51-16)39(13)48(54-49)41(15)46(37(11)33-50)56-59(20-4,21-5)22-6/h26-30,36-41,43-48H,17-25,31-35H2,1-16H3/t36-,37-,38-,39+,40+,41+,43+,44-,45-,46-,47-,48-,49+/m0/s1. The summed E-state index contributed by atoms with van der Waals surface area (Å²) in [6.07, 6.45) is 1.18. The molecule has 3 rings (SSSR count). The Morgan fingerprint density at radius 2 is 1.15 bits per heavy atom. The predicted molar refractivity (Wildman–Crippen MR) is 269 cm³/mol. The van der Waals surface area contributed by atoms with Crippen molar-refractivity contribution in [3.8, 4) is 0 Å². The van der Waals surface area contributed by atoms with E-state index in [2.05, 4.69) is 157 Å². The minimum absolute atomic E-state index is 0.0161. The van der Waals surface area contributed by atoms with Crippen molar-refractivity contribution in [3.63, 3.8) is 0 Å². The second kappa shape index (κ2) is 25.3. The molecule has 0 N–H and O–H groups in total. The molecule has 1 aromatic carbocycles. The number of hydrogen-bond donors (Lipinski definition) is 0. The fraction of sp³-hybridized carbons (Fsp3) is 0.878. The van der Waals surface area contributed by atoms with E-state index in [-0.39, 0.29) is 66.2 Å². The van der Waals surface area contributed by atoms with Gasteiger partial charge in [-0.15, -0.1) is 0 Å². The molecule has 2 heterocycles. The van der Waals surface area contributed by atoms with Crippen LogP contribution in [0.1, 0.15) is 122 Å². The van der Waals surface area contributed by atoms with Crippen LogP contribution < -0.4 is 0 Å². The molecule has 0 radical (unpaired) electrons. The first kappa shape index (κ1) is 54.7. The maximum absolute atomic E-state index is 7.85. The van der Waals surface area contributed by atoms with Crippen LogP contribution in [0.3, 0.4) is 0 Å². The minimum atomic E-state index is -2.07. The molecule has 2 aliphatic rings. The molecule has 11 heteroatoms. The molecule has 2 aliphatic heterocycles. The van der Waals surface area contributed by atoms with Crippen LogP contribution in [0.2, 0.25) is 54.4 Å². The zero-order chi connectivity index (χ0) is 44.9. The van der Waals surface area contributed by atoms with Gasteiger partial charge in [0.1, 0.15) is 0 Å². The van der Waals surface area contributed by atoms with Crippen molar-refractivity contribution in [2.45, 2.75) is 220 Å². The van der Waals surface area contributed by atoms with E-state index >= 15 is 0 Å². The Bertz CT molecular complexity index is 1310. The number of halogens is 1. The SMILES string of the molecule is CC[Si](CC)(CC)O[C@H]([C@H](C)[C@H]1O[C@@]2(C[C@@H](OC)[C@@H](C)[C@@H]([C@H](C)[C@@H](O[Si](CC)(CC)CC)[C@@H](C)CI)O2)[C@@H](O[Si](CC)(CC)CC)C[C@@H]1C)[C@@H](C)COCc1ccccc1. The molecule has 13 atom stereocenters. The zero-order valence-electron chi connectivity index (χ0n) is 41.5. The van der Waals surface area contributed by atoms with Crippen LogP contribution >= 0.6 is 22.6 Å². The first-order chi connectivity index (χ1) is 28.5. The van der Waals surface area contributed by atoms with Crippen LogP contribution in [-0.2, 0) is 38.8 Å². The third kappa shape index (κ3) is 13.0. The second-order valence-electron chi connectivity index (χ2n) is 19.4. The number of rotatable bonds is 27. The van der Waals surface area contributed by atoms with Crippen molar-refractivity contribution in [2.75, 3.05) is 18.1 Å². The summed E-state index contributed by atoms with van der Waals surface area (Å²) in [4.78, 5) is 0. The molecular formula is C49H93IO7Si3. The third-order valence-corrected chi connectivity index (χ3v) is 31.4. The molecule has 350 valence electrons. The first-order valence-electron chi connectivity index (χ1n) is 24.6. The number of hydrogen-bond acceptors (Lipinski definition) is 7. The van der Waals surface area contributed by atoms with E-state index < -0.39 is 30.7 Å². The van der Waals surface area contributed by atoms with Gasteiger partial charge < -0.3 is 32.2 Å². The van der Waals surface area contributed by atoms with Crippen LogP contribution in [0, 0.1) is 35.5 Å². The van der Waals surface area contributed by atoms with Gasteiger partial charge in [0.25, 0.3) is 0 Å². The lowest BCUT2D eigenvalue weighted by Crippen LogP contribution is -2.68. The van der Waals surface area contributed by atoms with Gasteiger partial charge in [-0.2, -0.15) is 0 Å². The van der Waals surface area contributed by atoms with E-state index in [1.54, 1.807) is 0 Å². The van der Waals surface area contributed by atoms with Crippen LogP contribution in [0.25, 0.3) is 0 Å². The fourth-order valence-corrected chi connectivity index (χ4v) is 20.4. The van der Waals surface area contributed by atoms with E-state index in [0.717, 1.165) is 65.2 Å². The Labute approximate surface area is 387 Å². The molecule has 0 aromatic heterocycles. The summed E-state index contributed by atoms with van der Waals surface area (Å²) in [5, 5.41) is 0. The summed E-state index contributed by atoms with van der Waals surface area (Å²) in [5.74, 6) is 0.285. The van der Waals surface area contributed by atoms with Crippen molar-refractivity contribution in [1.29, 1.82) is 0 Å². The van der Waals surface area contributed by atoms with Crippen LogP contribution in [0.4, 0.5) is 0 Å². The zero-order valence-corrected chi connectivity index (χ0v) is 46.6. The van der Waals surface area contributed by atoms with Crippen LogP contribution in [0.5, 0.6) is 0 Å². The van der Waals surface area contributed by atoms with Crippen LogP contribution in [-0.4, -0.2) is 85.5 Å². The fourth-order valence-electron chi connectivity index (χ4n) is 10.9. The highest BCUT2D eigenvalue weighted by Crippen LogP contribution is 2.51. The van der Waals surface area contributed by atoms with Gasteiger partial charge in [0, 0.05) is 41.6 Å². The third-order valence-electron chi connectivity index (χ3n) is 16.1. The molecule has 0 saturated carbocycles. The molecule has 1 spiro atoms. The molecule has 0 unspecified atom stereocenters. The summed E-state index contributed by atoms with van der Waals surface area (Å²) >= 11 is 2.57. The van der Waals surface area contributed by atoms with Gasteiger partial charge in [-0.25, -0.2) is 0 Å². The highest BCUT2D eigenvalue weighted by Gasteiger charge is 2.60. The smallest absolute Gasteiger partial charge is 0.196 e. The molecule has 1 aromatic rings. The van der Waals surface area contributed by atoms with Gasteiger partial charge in [-0.1, -0.05) is 157 Å². The Kier molecular flexibility index (Phi) is 23.0. The maximum Gasteiger partial charge on any atom is 0.196 e. The maximum atomic E-state index is 7.85. The van der Waals surface area contributed by atoms with Crippen LogP contribution in [0.15, 0.2) is 30.3 Å². The van der Waals surface area contributed by atoms with Gasteiger partial charge in [-0.05, 0) is 78.2 Å². The Morgan fingerprint density at radius 3 is 1.62 bits per heavy atom. The lowest BCUT2D eigenvalue weighted by molar-refractivity contribution is -0.388. The largest absolute Gasteiger partial charge is 0.413 e. The quantitative estimate of drug-likeness (QED) is 0.0494. The molecule has 60 heavy (non-hydrogen) atoms. The summed E-state index contributed by atoms with van der Waals surface area (Å²) in [6, 6.07) is 20.5. The summed E-state index contributed by atoms with van der Waals surface area (Å²) in [5.41, 5.74) is 1.20. The predicted octanol–water partition coefficient (Wildman–Crippen LogP) is 13.9. The average molecular weight is 1010 g/mol. The molecule has 0 aliphatic carbocycles. The topological polar surface area (TPSA) is 64.6 Å². The highest BCUT2D eigenvalue weighted by molar-refractivity contribution is 14.1. The highest BCUT2D eigenvalue weighted by atomic mass is 127. The minimum Gasteiger partial charge on any atom is -0.413 e. The Hall–Kier alpha value is 0.321. The van der Waals surface area contributed by atoms with Gasteiger partial charge in [-0.3, -0.25) is 0 Å². The summed E-state index contributed by atoms with van der Waals surface area (Å²) < 4.78 is 52.4. The van der Waals surface area contributed by atoms with Crippen molar-refractivity contribution < 1.29 is 32.2 Å².